The zero-order valence-corrected chi connectivity index (χ0v) is 11.3. The lowest BCUT2D eigenvalue weighted by molar-refractivity contribution is 0.620. The number of rotatable bonds is 5. The number of pyridine rings is 1. The smallest absolute Gasteiger partial charge is 0.126 e. The summed E-state index contributed by atoms with van der Waals surface area (Å²) in [4.78, 5) is 4.48. The summed E-state index contributed by atoms with van der Waals surface area (Å²) in [5.41, 5.74) is 1.03. The SMILES string of the molecule is CCCC(CC)Nc1ccc(Br)c(C)n1. The van der Waals surface area contributed by atoms with Gasteiger partial charge in [-0.15, -0.1) is 0 Å². The molecule has 1 atom stereocenters. The van der Waals surface area contributed by atoms with E-state index in [0.717, 1.165) is 22.4 Å². The Bertz CT molecular complexity index is 312. The van der Waals surface area contributed by atoms with Crippen molar-refractivity contribution in [2.24, 2.45) is 0 Å². The summed E-state index contributed by atoms with van der Waals surface area (Å²) in [7, 11) is 0. The van der Waals surface area contributed by atoms with Crippen molar-refractivity contribution in [1.82, 2.24) is 4.98 Å². The van der Waals surface area contributed by atoms with Gasteiger partial charge in [-0.1, -0.05) is 20.3 Å². The topological polar surface area (TPSA) is 24.9 Å². The fourth-order valence-electron chi connectivity index (χ4n) is 1.56. The highest BCUT2D eigenvalue weighted by Gasteiger charge is 2.06. The largest absolute Gasteiger partial charge is 0.367 e. The fraction of sp³-hybridized carbons (Fsp3) is 0.583. The van der Waals surface area contributed by atoms with Gasteiger partial charge >= 0.3 is 0 Å². The second-order valence-electron chi connectivity index (χ2n) is 3.80. The van der Waals surface area contributed by atoms with Gasteiger partial charge in [0.1, 0.15) is 5.82 Å². The Hall–Kier alpha value is -0.570. The van der Waals surface area contributed by atoms with Gasteiger partial charge in [0.15, 0.2) is 0 Å². The van der Waals surface area contributed by atoms with Crippen molar-refractivity contribution >= 4 is 21.7 Å². The monoisotopic (exact) mass is 270 g/mol. The van der Waals surface area contributed by atoms with Gasteiger partial charge in [0.2, 0.25) is 0 Å². The third kappa shape index (κ3) is 3.82. The second kappa shape index (κ2) is 6.11. The third-order valence-electron chi connectivity index (χ3n) is 2.50. The molecule has 0 aliphatic carbocycles. The van der Waals surface area contributed by atoms with Crippen molar-refractivity contribution in [3.63, 3.8) is 0 Å². The molecule has 3 heteroatoms. The number of nitrogens with one attached hydrogen (secondary N) is 1. The number of hydrogen-bond donors (Lipinski definition) is 1. The molecule has 0 amide bonds. The lowest BCUT2D eigenvalue weighted by atomic mass is 10.1. The second-order valence-corrected chi connectivity index (χ2v) is 4.66. The van der Waals surface area contributed by atoms with E-state index in [1.807, 2.05) is 19.1 Å². The van der Waals surface area contributed by atoms with Crippen LogP contribution in [0.5, 0.6) is 0 Å². The van der Waals surface area contributed by atoms with E-state index in [0.29, 0.717) is 6.04 Å². The molecule has 0 fully saturated rings. The number of aryl methyl sites for hydroxylation is 1. The molecule has 1 heterocycles. The van der Waals surface area contributed by atoms with E-state index in [9.17, 15) is 0 Å². The van der Waals surface area contributed by atoms with Crippen LogP contribution < -0.4 is 5.32 Å². The Kier molecular flexibility index (Phi) is 5.09. The van der Waals surface area contributed by atoms with Gasteiger partial charge in [-0.2, -0.15) is 0 Å². The van der Waals surface area contributed by atoms with E-state index in [1.165, 1.54) is 12.8 Å². The summed E-state index contributed by atoms with van der Waals surface area (Å²) in [6.07, 6.45) is 3.55. The van der Waals surface area contributed by atoms with Gasteiger partial charge in [0.05, 0.1) is 5.69 Å². The predicted molar refractivity (Wildman–Crippen MR) is 69.3 cm³/mol. The van der Waals surface area contributed by atoms with E-state index in [4.69, 9.17) is 0 Å². The van der Waals surface area contributed by atoms with E-state index in [1.54, 1.807) is 0 Å². The zero-order valence-electron chi connectivity index (χ0n) is 9.68. The van der Waals surface area contributed by atoms with Crippen molar-refractivity contribution in [3.05, 3.63) is 22.3 Å². The normalized spacial score (nSPS) is 12.5. The van der Waals surface area contributed by atoms with Crippen LogP contribution in [0.1, 0.15) is 38.8 Å². The van der Waals surface area contributed by atoms with Crippen LogP contribution in [0.3, 0.4) is 0 Å². The number of anilines is 1. The average molecular weight is 271 g/mol. The summed E-state index contributed by atoms with van der Waals surface area (Å²) in [5, 5.41) is 3.47. The van der Waals surface area contributed by atoms with Crippen LogP contribution in [0.15, 0.2) is 16.6 Å². The lowest BCUT2D eigenvalue weighted by Crippen LogP contribution is -2.18. The summed E-state index contributed by atoms with van der Waals surface area (Å²) < 4.78 is 1.07. The van der Waals surface area contributed by atoms with Crippen LogP contribution in [-0.2, 0) is 0 Å². The van der Waals surface area contributed by atoms with E-state index in [-0.39, 0.29) is 0 Å². The van der Waals surface area contributed by atoms with Gasteiger partial charge in [-0.05, 0) is 47.8 Å². The van der Waals surface area contributed by atoms with Crippen molar-refractivity contribution in [1.29, 1.82) is 0 Å². The maximum atomic E-state index is 4.48. The molecule has 1 rings (SSSR count). The van der Waals surface area contributed by atoms with Crippen LogP contribution in [0, 0.1) is 6.92 Å². The predicted octanol–water partition coefficient (Wildman–Crippen LogP) is 4.14. The van der Waals surface area contributed by atoms with Crippen molar-refractivity contribution in [2.75, 3.05) is 5.32 Å². The summed E-state index contributed by atoms with van der Waals surface area (Å²) in [6.45, 7) is 6.43. The van der Waals surface area contributed by atoms with Gasteiger partial charge in [0.25, 0.3) is 0 Å². The molecular formula is C12H19BrN2. The molecule has 0 saturated heterocycles. The first kappa shape index (κ1) is 12.5. The molecule has 84 valence electrons. The maximum Gasteiger partial charge on any atom is 0.126 e. The molecule has 1 aromatic heterocycles. The van der Waals surface area contributed by atoms with Crippen molar-refractivity contribution in [3.8, 4) is 0 Å². The molecule has 1 unspecified atom stereocenters. The molecule has 15 heavy (non-hydrogen) atoms. The number of halogens is 1. The molecule has 0 aliphatic rings. The molecule has 0 saturated carbocycles. The Morgan fingerprint density at radius 2 is 2.13 bits per heavy atom. The molecular weight excluding hydrogens is 252 g/mol. The number of aromatic nitrogens is 1. The lowest BCUT2D eigenvalue weighted by Gasteiger charge is -2.17. The van der Waals surface area contributed by atoms with Crippen LogP contribution >= 0.6 is 15.9 Å². The van der Waals surface area contributed by atoms with E-state index < -0.39 is 0 Å². The third-order valence-corrected chi connectivity index (χ3v) is 3.34. The highest BCUT2D eigenvalue weighted by atomic mass is 79.9. The molecule has 0 bridgehead atoms. The zero-order chi connectivity index (χ0) is 11.3. The Labute approximate surface area is 101 Å². The molecule has 2 nitrogen and oxygen atoms in total. The van der Waals surface area contributed by atoms with Gasteiger partial charge in [-0.25, -0.2) is 4.98 Å². The van der Waals surface area contributed by atoms with Crippen LogP contribution in [0.25, 0.3) is 0 Å². The van der Waals surface area contributed by atoms with Crippen LogP contribution in [0.4, 0.5) is 5.82 Å². The first-order valence-electron chi connectivity index (χ1n) is 5.57. The van der Waals surface area contributed by atoms with Gasteiger partial charge in [0, 0.05) is 10.5 Å². The number of nitrogens with zero attached hydrogens (tertiary/aromatic N) is 1. The first-order chi connectivity index (χ1) is 7.17. The molecule has 1 N–H and O–H groups in total. The van der Waals surface area contributed by atoms with Crippen molar-refractivity contribution in [2.45, 2.75) is 46.1 Å². The van der Waals surface area contributed by atoms with E-state index in [2.05, 4.69) is 40.1 Å². The molecule has 0 spiro atoms. The standard InChI is InChI=1S/C12H19BrN2/c1-4-6-10(5-2)15-12-8-7-11(13)9(3)14-12/h7-8,10H,4-6H2,1-3H3,(H,14,15). The molecule has 1 aromatic rings. The van der Waals surface area contributed by atoms with Gasteiger partial charge < -0.3 is 5.32 Å². The Morgan fingerprint density at radius 3 is 2.67 bits per heavy atom. The first-order valence-corrected chi connectivity index (χ1v) is 6.36. The van der Waals surface area contributed by atoms with E-state index >= 15 is 0 Å². The minimum absolute atomic E-state index is 0.545. The average Bonchev–Trinajstić information content (AvgIpc) is 2.23. The minimum atomic E-state index is 0.545. The highest BCUT2D eigenvalue weighted by Crippen LogP contribution is 2.17. The van der Waals surface area contributed by atoms with Crippen LogP contribution in [-0.4, -0.2) is 11.0 Å². The van der Waals surface area contributed by atoms with Crippen LogP contribution in [0.2, 0.25) is 0 Å². The number of hydrogen-bond acceptors (Lipinski definition) is 2. The summed E-state index contributed by atoms with van der Waals surface area (Å²) in [5.74, 6) is 0.982. The summed E-state index contributed by atoms with van der Waals surface area (Å²) >= 11 is 3.45. The van der Waals surface area contributed by atoms with Gasteiger partial charge in [-0.3, -0.25) is 0 Å². The summed E-state index contributed by atoms with van der Waals surface area (Å²) in [6, 6.07) is 4.61. The Balaban J connectivity index is 2.66. The Morgan fingerprint density at radius 1 is 1.40 bits per heavy atom. The molecule has 0 radical (unpaired) electrons. The fourth-order valence-corrected chi connectivity index (χ4v) is 1.78. The van der Waals surface area contributed by atoms with Crippen molar-refractivity contribution < 1.29 is 0 Å². The molecule has 0 aliphatic heterocycles. The quantitative estimate of drug-likeness (QED) is 0.870. The maximum absolute atomic E-state index is 4.48. The highest BCUT2D eigenvalue weighted by molar-refractivity contribution is 9.10. The molecule has 0 aromatic carbocycles. The minimum Gasteiger partial charge on any atom is -0.367 e.